The average molecular weight is 496 g/mol. The van der Waals surface area contributed by atoms with Crippen LogP contribution in [0.15, 0.2) is 71.6 Å². The van der Waals surface area contributed by atoms with Crippen molar-refractivity contribution < 1.29 is 9.32 Å². The van der Waals surface area contributed by atoms with E-state index < -0.39 is 0 Å². The molecule has 0 fully saturated rings. The molecule has 0 saturated carbocycles. The summed E-state index contributed by atoms with van der Waals surface area (Å²) >= 11 is 2.20. The fourth-order valence-corrected chi connectivity index (χ4v) is 3.78. The topological polar surface area (TPSA) is 72.1 Å². The summed E-state index contributed by atoms with van der Waals surface area (Å²) in [5.41, 5.74) is 4.61. The van der Waals surface area contributed by atoms with Crippen molar-refractivity contribution in [2.75, 3.05) is 4.90 Å². The highest BCUT2D eigenvalue weighted by Gasteiger charge is 2.29. The van der Waals surface area contributed by atoms with Gasteiger partial charge >= 0.3 is 0 Å². The highest BCUT2D eigenvalue weighted by atomic mass is 127. The van der Waals surface area contributed by atoms with Gasteiger partial charge in [0.05, 0.1) is 16.9 Å². The van der Waals surface area contributed by atoms with Crippen LogP contribution < -0.4 is 4.90 Å². The van der Waals surface area contributed by atoms with Gasteiger partial charge in [-0.1, -0.05) is 41.1 Å². The standard InChI is InChI=1S/C22H17IN4O2/c1-14-6-5-7-16(12-14)21-20(18-10-11-24-13-25-18)22(29-26-21)27(15(2)28)19-9-4-3-8-17(19)23/h3-13H,1-2H3. The Morgan fingerprint density at radius 3 is 2.62 bits per heavy atom. The predicted molar refractivity (Wildman–Crippen MR) is 120 cm³/mol. The van der Waals surface area contributed by atoms with E-state index in [0.29, 0.717) is 22.8 Å². The monoisotopic (exact) mass is 496 g/mol. The number of carbonyl (C=O) groups excluding carboxylic acids is 1. The van der Waals surface area contributed by atoms with Crippen LogP contribution in [-0.2, 0) is 4.79 Å². The van der Waals surface area contributed by atoms with Crippen LogP contribution in [0.3, 0.4) is 0 Å². The molecule has 0 aliphatic heterocycles. The Bertz CT molecular complexity index is 1170. The first kappa shape index (κ1) is 19.3. The number of rotatable bonds is 4. The molecular formula is C22H17IN4O2. The molecule has 2 heterocycles. The van der Waals surface area contributed by atoms with Crippen molar-refractivity contribution in [2.45, 2.75) is 13.8 Å². The van der Waals surface area contributed by atoms with Crippen LogP contribution in [0, 0.1) is 10.5 Å². The van der Waals surface area contributed by atoms with Gasteiger partial charge in [-0.05, 0) is 53.8 Å². The van der Waals surface area contributed by atoms with E-state index in [1.165, 1.54) is 18.2 Å². The number of benzene rings is 2. The van der Waals surface area contributed by atoms with Crippen molar-refractivity contribution >= 4 is 40.1 Å². The summed E-state index contributed by atoms with van der Waals surface area (Å²) in [6.07, 6.45) is 3.13. The lowest BCUT2D eigenvalue weighted by Crippen LogP contribution is -2.23. The second-order valence-electron chi connectivity index (χ2n) is 6.48. The number of halogens is 1. The van der Waals surface area contributed by atoms with E-state index in [1.54, 1.807) is 12.3 Å². The number of hydrogen-bond donors (Lipinski definition) is 0. The van der Waals surface area contributed by atoms with Gasteiger partial charge in [-0.25, -0.2) is 14.9 Å². The Labute approximate surface area is 181 Å². The van der Waals surface area contributed by atoms with Gasteiger partial charge in [-0.3, -0.25) is 4.79 Å². The van der Waals surface area contributed by atoms with Crippen molar-refractivity contribution in [3.05, 3.63) is 76.3 Å². The zero-order valence-corrected chi connectivity index (χ0v) is 18.0. The summed E-state index contributed by atoms with van der Waals surface area (Å²) in [4.78, 5) is 22.6. The van der Waals surface area contributed by atoms with Gasteiger partial charge in [0.15, 0.2) is 0 Å². The zero-order chi connectivity index (χ0) is 20.4. The van der Waals surface area contributed by atoms with Gasteiger partial charge in [-0.2, -0.15) is 0 Å². The smallest absolute Gasteiger partial charge is 0.248 e. The van der Waals surface area contributed by atoms with Crippen molar-refractivity contribution in [1.82, 2.24) is 15.1 Å². The molecule has 0 N–H and O–H groups in total. The van der Waals surface area contributed by atoms with Crippen LogP contribution in [0.25, 0.3) is 22.5 Å². The van der Waals surface area contributed by atoms with Crippen LogP contribution in [0.4, 0.5) is 11.6 Å². The van der Waals surface area contributed by atoms with Crippen molar-refractivity contribution in [1.29, 1.82) is 0 Å². The third kappa shape index (κ3) is 3.77. The van der Waals surface area contributed by atoms with Crippen LogP contribution >= 0.6 is 22.6 Å². The molecule has 144 valence electrons. The van der Waals surface area contributed by atoms with Crippen LogP contribution in [0.5, 0.6) is 0 Å². The lowest BCUT2D eigenvalue weighted by atomic mass is 10.0. The molecule has 2 aromatic heterocycles. The highest BCUT2D eigenvalue weighted by Crippen LogP contribution is 2.42. The molecule has 0 saturated heterocycles. The molecule has 4 rings (SSSR count). The summed E-state index contributed by atoms with van der Waals surface area (Å²) in [5, 5.41) is 4.33. The van der Waals surface area contributed by atoms with E-state index in [-0.39, 0.29) is 5.91 Å². The fraction of sp³-hybridized carbons (Fsp3) is 0.0909. The molecule has 6 nitrogen and oxygen atoms in total. The number of aromatic nitrogens is 3. The van der Waals surface area contributed by atoms with Gasteiger partial charge in [0.1, 0.15) is 12.0 Å². The van der Waals surface area contributed by atoms with E-state index in [4.69, 9.17) is 4.52 Å². The highest BCUT2D eigenvalue weighted by molar-refractivity contribution is 14.1. The molecule has 4 aromatic rings. The minimum Gasteiger partial charge on any atom is -0.336 e. The summed E-state index contributed by atoms with van der Waals surface area (Å²) in [5.74, 6) is 0.146. The maximum atomic E-state index is 12.7. The quantitative estimate of drug-likeness (QED) is 0.354. The van der Waals surface area contributed by atoms with Crippen LogP contribution in [0.2, 0.25) is 0 Å². The van der Waals surface area contributed by atoms with Gasteiger partial charge in [-0.15, -0.1) is 0 Å². The van der Waals surface area contributed by atoms with Crippen molar-refractivity contribution in [3.8, 4) is 22.5 Å². The summed E-state index contributed by atoms with van der Waals surface area (Å²) in [7, 11) is 0. The molecule has 0 unspecified atom stereocenters. The molecule has 1 amide bonds. The molecule has 2 aromatic carbocycles. The van der Waals surface area contributed by atoms with Crippen molar-refractivity contribution in [2.24, 2.45) is 0 Å². The number of aryl methyl sites for hydroxylation is 1. The maximum Gasteiger partial charge on any atom is 0.248 e. The lowest BCUT2D eigenvalue weighted by Gasteiger charge is -2.20. The number of anilines is 2. The summed E-state index contributed by atoms with van der Waals surface area (Å²) < 4.78 is 6.69. The number of nitrogens with zero attached hydrogens (tertiary/aromatic N) is 4. The minimum absolute atomic E-state index is 0.184. The van der Waals surface area contributed by atoms with E-state index in [2.05, 4.69) is 37.7 Å². The van der Waals surface area contributed by atoms with Gasteiger partial charge < -0.3 is 4.52 Å². The fourth-order valence-electron chi connectivity index (χ4n) is 3.15. The van der Waals surface area contributed by atoms with E-state index in [1.807, 2.05) is 55.5 Å². The molecule has 0 aliphatic rings. The minimum atomic E-state index is -0.184. The van der Waals surface area contributed by atoms with E-state index in [9.17, 15) is 4.79 Å². The Kier molecular flexibility index (Phi) is 5.39. The van der Waals surface area contributed by atoms with Crippen LogP contribution in [0.1, 0.15) is 12.5 Å². The number of amides is 1. The third-order valence-electron chi connectivity index (χ3n) is 4.42. The van der Waals surface area contributed by atoms with E-state index >= 15 is 0 Å². The number of carbonyl (C=O) groups is 1. The summed E-state index contributed by atoms with van der Waals surface area (Å²) in [6, 6.07) is 17.4. The first-order valence-electron chi connectivity index (χ1n) is 8.94. The number of hydrogen-bond acceptors (Lipinski definition) is 5. The average Bonchev–Trinajstić information content (AvgIpc) is 3.15. The first-order chi connectivity index (χ1) is 14.1. The lowest BCUT2D eigenvalue weighted by molar-refractivity contribution is -0.116. The third-order valence-corrected chi connectivity index (χ3v) is 5.33. The normalized spacial score (nSPS) is 10.7. The molecule has 0 radical (unpaired) electrons. The van der Waals surface area contributed by atoms with Crippen LogP contribution in [-0.4, -0.2) is 21.0 Å². The predicted octanol–water partition coefficient (Wildman–Crippen LogP) is 5.40. The zero-order valence-electron chi connectivity index (χ0n) is 15.8. The molecule has 0 spiro atoms. The SMILES string of the molecule is CC(=O)N(c1ccccc1I)c1onc(-c2cccc(C)c2)c1-c1ccncn1. The van der Waals surface area contributed by atoms with Gasteiger partial charge in [0.2, 0.25) is 11.8 Å². The molecule has 29 heavy (non-hydrogen) atoms. The first-order valence-corrected chi connectivity index (χ1v) is 10.0. The second-order valence-corrected chi connectivity index (χ2v) is 7.64. The Hall–Kier alpha value is -3.07. The number of para-hydroxylation sites is 1. The van der Waals surface area contributed by atoms with Gasteiger partial charge in [0.25, 0.3) is 0 Å². The van der Waals surface area contributed by atoms with Crippen molar-refractivity contribution in [3.63, 3.8) is 0 Å². The Morgan fingerprint density at radius 1 is 1.10 bits per heavy atom. The Morgan fingerprint density at radius 2 is 1.93 bits per heavy atom. The maximum absolute atomic E-state index is 12.7. The van der Waals surface area contributed by atoms with E-state index in [0.717, 1.165) is 20.4 Å². The second kappa shape index (κ2) is 8.12. The largest absolute Gasteiger partial charge is 0.336 e. The van der Waals surface area contributed by atoms with Gasteiger partial charge in [0, 0.05) is 22.3 Å². The molecular weight excluding hydrogens is 479 g/mol. The summed E-state index contributed by atoms with van der Waals surface area (Å²) in [6.45, 7) is 3.52. The molecule has 0 atom stereocenters. The Balaban J connectivity index is 1.99. The molecule has 0 aliphatic carbocycles. The molecule has 0 bridgehead atoms. The molecule has 7 heteroatoms.